The Bertz CT molecular complexity index is 649. The van der Waals surface area contributed by atoms with E-state index in [0.29, 0.717) is 0 Å². The molecule has 0 aromatic heterocycles. The molecule has 0 radical (unpaired) electrons. The summed E-state index contributed by atoms with van der Waals surface area (Å²) in [6, 6.07) is 2.15. The van der Waals surface area contributed by atoms with Gasteiger partial charge in [-0.05, 0) is 12.1 Å². The van der Waals surface area contributed by atoms with Crippen molar-refractivity contribution in [2.75, 3.05) is 0 Å². The molecule has 0 heterocycles. The summed E-state index contributed by atoms with van der Waals surface area (Å²) >= 11 is 11.4. The Balaban J connectivity index is 3.60. The Kier molecular flexibility index (Phi) is 4.48. The molecule has 6 nitrogen and oxygen atoms in total. The Morgan fingerprint density at radius 3 is 2.50 bits per heavy atom. The summed E-state index contributed by atoms with van der Waals surface area (Å²) in [5.74, 6) is -1.22. The molecule has 0 fully saturated rings. The van der Waals surface area contributed by atoms with E-state index in [1.807, 2.05) is 0 Å². The minimum Gasteiger partial charge on any atom is -0.424 e. The highest BCUT2D eigenvalue weighted by Gasteiger charge is 2.23. The Hall–Kier alpha value is -1.40. The first kappa shape index (κ1) is 14.7. The van der Waals surface area contributed by atoms with Gasteiger partial charge in [0, 0.05) is 11.9 Å². The molecular formula is C9H5Cl2NO5S. The normalized spacial score (nSPS) is 10.6. The zero-order chi connectivity index (χ0) is 13.9. The third-order valence-corrected chi connectivity index (χ3v) is 3.33. The smallest absolute Gasteiger partial charge is 0.308 e. The van der Waals surface area contributed by atoms with E-state index in [-0.39, 0.29) is 10.0 Å². The van der Waals surface area contributed by atoms with Gasteiger partial charge in [-0.2, -0.15) is 8.42 Å². The van der Waals surface area contributed by atoms with Gasteiger partial charge in [-0.3, -0.25) is 4.79 Å². The van der Waals surface area contributed by atoms with Crippen LogP contribution in [0.4, 0.5) is 0 Å². The highest BCUT2D eigenvalue weighted by atomic mass is 35.5. The lowest BCUT2D eigenvalue weighted by atomic mass is 10.3. The molecule has 1 aromatic rings. The quantitative estimate of drug-likeness (QED) is 0.368. The fourth-order valence-corrected chi connectivity index (χ4v) is 2.58. The average molecular weight is 310 g/mol. The molecule has 18 heavy (non-hydrogen) atoms. The van der Waals surface area contributed by atoms with Crippen LogP contribution in [0.2, 0.25) is 10.0 Å². The van der Waals surface area contributed by atoms with Gasteiger partial charge in [0.15, 0.2) is 5.75 Å². The molecule has 9 heteroatoms. The van der Waals surface area contributed by atoms with E-state index in [1.165, 1.54) is 6.07 Å². The van der Waals surface area contributed by atoms with Crippen LogP contribution in [-0.2, 0) is 19.6 Å². The van der Waals surface area contributed by atoms with E-state index in [2.05, 4.69) is 9.13 Å². The number of esters is 1. The van der Waals surface area contributed by atoms with Crippen LogP contribution in [0.3, 0.4) is 0 Å². The summed E-state index contributed by atoms with van der Waals surface area (Å²) in [6.45, 7) is 1.06. The number of isocyanates is 1. The molecule has 0 N–H and O–H groups in total. The second kappa shape index (κ2) is 5.49. The standard InChI is InChI=1S/C9H5Cl2NO5S/c1-5(14)17-9-7(11)2-6(10)3-8(9)18(15,16)12-4-13/h2-3H,1H3. The lowest BCUT2D eigenvalue weighted by Crippen LogP contribution is -2.07. The van der Waals surface area contributed by atoms with Gasteiger partial charge in [-0.25, -0.2) is 4.79 Å². The minimum absolute atomic E-state index is 0.0180. The van der Waals surface area contributed by atoms with Crippen LogP contribution in [0.15, 0.2) is 21.4 Å². The maximum absolute atomic E-state index is 11.6. The zero-order valence-electron chi connectivity index (χ0n) is 8.81. The van der Waals surface area contributed by atoms with Crippen molar-refractivity contribution in [1.29, 1.82) is 0 Å². The van der Waals surface area contributed by atoms with E-state index in [4.69, 9.17) is 23.2 Å². The molecule has 0 aliphatic rings. The van der Waals surface area contributed by atoms with E-state index in [1.54, 1.807) is 0 Å². The fraction of sp³-hybridized carbons (Fsp3) is 0.111. The number of ether oxygens (including phenoxy) is 1. The molecule has 0 atom stereocenters. The fourth-order valence-electron chi connectivity index (χ4n) is 1.07. The maximum atomic E-state index is 11.6. The van der Waals surface area contributed by atoms with Crippen LogP contribution in [0.5, 0.6) is 5.75 Å². The number of hydrogen-bond acceptors (Lipinski definition) is 5. The molecule has 96 valence electrons. The number of benzene rings is 1. The summed E-state index contributed by atoms with van der Waals surface area (Å²) in [4.78, 5) is 20.3. The van der Waals surface area contributed by atoms with Gasteiger partial charge in [0.1, 0.15) is 4.90 Å². The molecule has 1 aromatic carbocycles. The van der Waals surface area contributed by atoms with E-state index in [0.717, 1.165) is 19.1 Å². The third-order valence-electron chi connectivity index (χ3n) is 1.66. The summed E-state index contributed by atoms with van der Waals surface area (Å²) in [7, 11) is -4.38. The van der Waals surface area contributed by atoms with Crippen molar-refractivity contribution in [3.05, 3.63) is 22.2 Å². The molecule has 0 saturated carbocycles. The van der Waals surface area contributed by atoms with Crippen LogP contribution in [0.1, 0.15) is 6.92 Å². The van der Waals surface area contributed by atoms with E-state index in [9.17, 15) is 18.0 Å². The number of hydrogen-bond donors (Lipinski definition) is 0. The third kappa shape index (κ3) is 3.30. The molecule has 0 unspecified atom stereocenters. The van der Waals surface area contributed by atoms with Crippen molar-refractivity contribution in [3.8, 4) is 5.75 Å². The summed E-state index contributed by atoms with van der Waals surface area (Å²) in [5.41, 5.74) is 0. The van der Waals surface area contributed by atoms with Gasteiger partial charge in [0.05, 0.1) is 5.02 Å². The number of halogens is 2. The maximum Gasteiger partial charge on any atom is 0.308 e. The minimum atomic E-state index is -4.38. The Morgan fingerprint density at radius 1 is 1.39 bits per heavy atom. The van der Waals surface area contributed by atoms with Gasteiger partial charge >= 0.3 is 5.97 Å². The van der Waals surface area contributed by atoms with Gasteiger partial charge in [0.25, 0.3) is 16.1 Å². The lowest BCUT2D eigenvalue weighted by Gasteiger charge is -2.09. The Labute approximate surface area is 112 Å². The molecule has 0 spiro atoms. The average Bonchev–Trinajstić information content (AvgIpc) is 2.21. The lowest BCUT2D eigenvalue weighted by molar-refractivity contribution is -0.132. The Morgan fingerprint density at radius 2 is 2.00 bits per heavy atom. The van der Waals surface area contributed by atoms with Crippen molar-refractivity contribution in [2.45, 2.75) is 11.8 Å². The molecule has 0 aliphatic heterocycles. The summed E-state index contributed by atoms with van der Waals surface area (Å²) in [6.07, 6.45) is 0.886. The first-order chi connectivity index (χ1) is 8.27. The van der Waals surface area contributed by atoms with Crippen molar-refractivity contribution >= 4 is 45.3 Å². The van der Waals surface area contributed by atoms with Gasteiger partial charge < -0.3 is 4.74 Å². The monoisotopic (exact) mass is 309 g/mol. The van der Waals surface area contributed by atoms with Crippen LogP contribution in [0, 0.1) is 0 Å². The highest BCUT2D eigenvalue weighted by molar-refractivity contribution is 7.90. The van der Waals surface area contributed by atoms with Gasteiger partial charge in [0.2, 0.25) is 0 Å². The number of sulfonamides is 1. The van der Waals surface area contributed by atoms with Gasteiger partial charge in [-0.15, -0.1) is 0 Å². The summed E-state index contributed by atoms with van der Waals surface area (Å²) in [5, 5.41) is -0.215. The highest BCUT2D eigenvalue weighted by Crippen LogP contribution is 2.36. The predicted molar refractivity (Wildman–Crippen MR) is 63.1 cm³/mol. The van der Waals surface area contributed by atoms with E-state index >= 15 is 0 Å². The second-order valence-electron chi connectivity index (χ2n) is 2.97. The number of rotatable bonds is 3. The predicted octanol–water partition coefficient (Wildman–Crippen LogP) is 1.94. The molecule has 1 rings (SSSR count). The zero-order valence-corrected chi connectivity index (χ0v) is 11.1. The number of nitrogens with zero attached hydrogens (tertiary/aromatic N) is 1. The van der Waals surface area contributed by atoms with Crippen LogP contribution in [-0.4, -0.2) is 20.5 Å². The van der Waals surface area contributed by atoms with Crippen LogP contribution >= 0.6 is 23.2 Å². The first-order valence-electron chi connectivity index (χ1n) is 4.29. The number of carbonyl (C=O) groups is 1. The molecule has 0 amide bonds. The topological polar surface area (TPSA) is 89.9 Å². The molecule has 0 saturated heterocycles. The van der Waals surface area contributed by atoms with Crippen LogP contribution in [0.25, 0.3) is 0 Å². The van der Waals surface area contributed by atoms with Crippen molar-refractivity contribution in [2.24, 2.45) is 4.40 Å². The largest absolute Gasteiger partial charge is 0.424 e. The van der Waals surface area contributed by atoms with Gasteiger partial charge in [-0.1, -0.05) is 27.6 Å². The van der Waals surface area contributed by atoms with Crippen molar-refractivity contribution in [3.63, 3.8) is 0 Å². The van der Waals surface area contributed by atoms with E-state index < -0.39 is 26.6 Å². The van der Waals surface area contributed by atoms with Crippen LogP contribution < -0.4 is 4.74 Å². The summed E-state index contributed by atoms with van der Waals surface area (Å²) < 4.78 is 30.5. The SMILES string of the molecule is CC(=O)Oc1c(Cl)cc(Cl)cc1S(=O)(=O)N=C=O. The second-order valence-corrected chi connectivity index (χ2v) is 5.38. The number of carbonyl (C=O) groups excluding carboxylic acids is 2. The molecule has 0 bridgehead atoms. The van der Waals surface area contributed by atoms with Crippen molar-refractivity contribution < 1.29 is 22.7 Å². The molecular weight excluding hydrogens is 305 g/mol. The molecule has 0 aliphatic carbocycles. The first-order valence-corrected chi connectivity index (χ1v) is 6.49. The van der Waals surface area contributed by atoms with Crippen molar-refractivity contribution in [1.82, 2.24) is 0 Å².